The molecule has 0 bridgehead atoms. The number of sulfonamides is 1. The van der Waals surface area contributed by atoms with Crippen molar-refractivity contribution in [3.8, 4) is 0 Å². The van der Waals surface area contributed by atoms with Crippen molar-refractivity contribution in [2.24, 2.45) is 0 Å². The Bertz CT molecular complexity index is 552. The Labute approximate surface area is 127 Å². The highest BCUT2D eigenvalue weighted by molar-refractivity contribution is 7.89. The van der Waals surface area contributed by atoms with Gasteiger partial charge in [0.2, 0.25) is 10.0 Å². The number of hydrogen-bond acceptors (Lipinski definition) is 4. The molecule has 2 rings (SSSR count). The highest BCUT2D eigenvalue weighted by Crippen LogP contribution is 2.24. The largest absolute Gasteiger partial charge is 0.310 e. The number of nitrogens with one attached hydrogen (secondary N) is 1. The average Bonchev–Trinajstić information content (AvgIpc) is 2.45. The molecular formula is C15H25N3O2S. The summed E-state index contributed by atoms with van der Waals surface area (Å²) in [4.78, 5) is 4.22. The van der Waals surface area contributed by atoms with E-state index in [1.54, 1.807) is 22.6 Å². The van der Waals surface area contributed by atoms with Crippen LogP contribution in [0.15, 0.2) is 29.4 Å². The fourth-order valence-corrected chi connectivity index (χ4v) is 4.21. The highest BCUT2D eigenvalue weighted by Gasteiger charge is 2.33. The summed E-state index contributed by atoms with van der Waals surface area (Å²) in [5.41, 5.74) is -0.0127. The molecule has 21 heavy (non-hydrogen) atoms. The van der Waals surface area contributed by atoms with Gasteiger partial charge in [0.15, 0.2) is 0 Å². The minimum atomic E-state index is -3.45. The Morgan fingerprint density at radius 3 is 2.76 bits per heavy atom. The van der Waals surface area contributed by atoms with Crippen molar-refractivity contribution in [2.75, 3.05) is 13.1 Å². The molecule has 5 nitrogen and oxygen atoms in total. The third-order valence-electron chi connectivity index (χ3n) is 3.68. The first-order valence-corrected chi connectivity index (χ1v) is 8.91. The number of hydrogen-bond donors (Lipinski definition) is 1. The van der Waals surface area contributed by atoms with Crippen LogP contribution < -0.4 is 5.32 Å². The SMILES string of the molecule is CC(C)(C)NCC1CCCCN1S(=O)(=O)c1cccnc1. The van der Waals surface area contributed by atoms with Crippen LogP contribution in [0, 0.1) is 0 Å². The van der Waals surface area contributed by atoms with Crippen LogP contribution >= 0.6 is 0 Å². The Morgan fingerprint density at radius 1 is 1.38 bits per heavy atom. The molecule has 0 saturated carbocycles. The van der Waals surface area contributed by atoms with Gasteiger partial charge in [-0.2, -0.15) is 4.31 Å². The van der Waals surface area contributed by atoms with Crippen LogP contribution in [0.5, 0.6) is 0 Å². The first kappa shape index (κ1) is 16.4. The van der Waals surface area contributed by atoms with Crippen LogP contribution in [-0.2, 0) is 10.0 Å². The maximum atomic E-state index is 12.8. The molecular weight excluding hydrogens is 286 g/mol. The first-order chi connectivity index (χ1) is 9.81. The van der Waals surface area contributed by atoms with E-state index in [1.165, 1.54) is 6.20 Å². The van der Waals surface area contributed by atoms with E-state index in [-0.39, 0.29) is 16.5 Å². The second-order valence-electron chi connectivity index (χ2n) is 6.58. The molecule has 1 N–H and O–H groups in total. The van der Waals surface area contributed by atoms with Gasteiger partial charge >= 0.3 is 0 Å². The highest BCUT2D eigenvalue weighted by atomic mass is 32.2. The molecule has 1 unspecified atom stereocenters. The second-order valence-corrected chi connectivity index (χ2v) is 8.48. The van der Waals surface area contributed by atoms with Gasteiger partial charge in [-0.05, 0) is 45.7 Å². The van der Waals surface area contributed by atoms with Crippen molar-refractivity contribution in [2.45, 2.75) is 56.5 Å². The van der Waals surface area contributed by atoms with Crippen molar-refractivity contribution in [3.63, 3.8) is 0 Å². The molecule has 0 radical (unpaired) electrons. The predicted molar refractivity (Wildman–Crippen MR) is 83.5 cm³/mol. The first-order valence-electron chi connectivity index (χ1n) is 7.47. The summed E-state index contributed by atoms with van der Waals surface area (Å²) in [6.45, 7) is 7.55. The molecule has 0 aliphatic carbocycles. The van der Waals surface area contributed by atoms with E-state index in [0.717, 1.165) is 19.3 Å². The monoisotopic (exact) mass is 311 g/mol. The zero-order valence-corrected chi connectivity index (χ0v) is 13.9. The lowest BCUT2D eigenvalue weighted by Crippen LogP contribution is -2.51. The Morgan fingerprint density at radius 2 is 2.14 bits per heavy atom. The summed E-state index contributed by atoms with van der Waals surface area (Å²) in [5, 5.41) is 3.42. The lowest BCUT2D eigenvalue weighted by Gasteiger charge is -2.36. The fraction of sp³-hybridized carbons (Fsp3) is 0.667. The van der Waals surface area contributed by atoms with E-state index in [2.05, 4.69) is 31.1 Å². The quantitative estimate of drug-likeness (QED) is 0.924. The minimum Gasteiger partial charge on any atom is -0.310 e. The van der Waals surface area contributed by atoms with E-state index < -0.39 is 10.0 Å². The maximum absolute atomic E-state index is 12.8. The summed E-state index contributed by atoms with van der Waals surface area (Å²) in [6.07, 6.45) is 5.93. The minimum absolute atomic E-state index is 0.0127. The van der Waals surface area contributed by atoms with Gasteiger partial charge in [0.1, 0.15) is 4.90 Å². The van der Waals surface area contributed by atoms with Crippen LogP contribution in [-0.4, -0.2) is 42.4 Å². The second kappa shape index (κ2) is 6.42. The van der Waals surface area contributed by atoms with Gasteiger partial charge in [-0.3, -0.25) is 4.98 Å². The van der Waals surface area contributed by atoms with Crippen molar-refractivity contribution in [1.29, 1.82) is 0 Å². The molecule has 2 heterocycles. The molecule has 6 heteroatoms. The Hall–Kier alpha value is -0.980. The Balaban J connectivity index is 2.18. The third-order valence-corrected chi connectivity index (χ3v) is 5.62. The van der Waals surface area contributed by atoms with Gasteiger partial charge < -0.3 is 5.32 Å². The molecule has 1 aliphatic heterocycles. The van der Waals surface area contributed by atoms with E-state index >= 15 is 0 Å². The van der Waals surface area contributed by atoms with Crippen molar-refractivity contribution < 1.29 is 8.42 Å². The summed E-state index contributed by atoms with van der Waals surface area (Å²) in [6, 6.07) is 3.30. The van der Waals surface area contributed by atoms with Gasteiger partial charge in [-0.15, -0.1) is 0 Å². The number of rotatable bonds is 4. The zero-order valence-electron chi connectivity index (χ0n) is 13.0. The molecule has 0 spiro atoms. The molecule has 1 atom stereocenters. The molecule has 0 aromatic carbocycles. The van der Waals surface area contributed by atoms with Crippen LogP contribution in [0.4, 0.5) is 0 Å². The number of pyridine rings is 1. The lowest BCUT2D eigenvalue weighted by atomic mass is 10.0. The number of nitrogens with zero attached hydrogens (tertiary/aromatic N) is 2. The van der Waals surface area contributed by atoms with Gasteiger partial charge in [0.05, 0.1) is 0 Å². The fourth-order valence-electron chi connectivity index (χ4n) is 2.55. The zero-order chi connectivity index (χ0) is 15.5. The van der Waals surface area contributed by atoms with Crippen LogP contribution in [0.25, 0.3) is 0 Å². The maximum Gasteiger partial charge on any atom is 0.244 e. The molecule has 1 aromatic rings. The van der Waals surface area contributed by atoms with Crippen LogP contribution in [0.2, 0.25) is 0 Å². The van der Waals surface area contributed by atoms with E-state index in [1.807, 2.05) is 0 Å². The summed E-state index contributed by atoms with van der Waals surface area (Å²) in [5.74, 6) is 0. The average molecular weight is 311 g/mol. The molecule has 1 saturated heterocycles. The third kappa shape index (κ3) is 4.25. The summed E-state index contributed by atoms with van der Waals surface area (Å²) >= 11 is 0. The van der Waals surface area contributed by atoms with Crippen molar-refractivity contribution in [1.82, 2.24) is 14.6 Å². The lowest BCUT2D eigenvalue weighted by molar-refractivity contribution is 0.230. The van der Waals surface area contributed by atoms with Crippen molar-refractivity contribution in [3.05, 3.63) is 24.5 Å². The number of aromatic nitrogens is 1. The molecule has 1 fully saturated rings. The topological polar surface area (TPSA) is 62.3 Å². The normalized spacial score (nSPS) is 21.4. The van der Waals surface area contributed by atoms with Gasteiger partial charge in [-0.1, -0.05) is 6.42 Å². The molecule has 0 amide bonds. The van der Waals surface area contributed by atoms with Crippen LogP contribution in [0.1, 0.15) is 40.0 Å². The van der Waals surface area contributed by atoms with Gasteiger partial charge in [-0.25, -0.2) is 8.42 Å². The smallest absolute Gasteiger partial charge is 0.244 e. The Kier molecular flexibility index (Phi) is 5.01. The predicted octanol–water partition coefficient (Wildman–Crippen LogP) is 2.01. The van der Waals surface area contributed by atoms with E-state index in [4.69, 9.17) is 0 Å². The number of piperidine rings is 1. The van der Waals surface area contributed by atoms with E-state index in [9.17, 15) is 8.42 Å². The van der Waals surface area contributed by atoms with E-state index in [0.29, 0.717) is 13.1 Å². The van der Waals surface area contributed by atoms with Gasteiger partial charge in [0.25, 0.3) is 0 Å². The van der Waals surface area contributed by atoms with Crippen molar-refractivity contribution >= 4 is 10.0 Å². The molecule has 1 aromatic heterocycles. The standard InChI is InChI=1S/C15H25N3O2S/c1-15(2,3)17-11-13-7-4-5-10-18(13)21(19,20)14-8-6-9-16-12-14/h6,8-9,12-13,17H,4-5,7,10-11H2,1-3H3. The van der Waals surface area contributed by atoms with Gasteiger partial charge in [0, 0.05) is 37.1 Å². The summed E-state index contributed by atoms with van der Waals surface area (Å²) < 4.78 is 27.2. The molecule has 1 aliphatic rings. The molecule has 118 valence electrons. The van der Waals surface area contributed by atoms with Crippen LogP contribution in [0.3, 0.4) is 0 Å². The summed E-state index contributed by atoms with van der Waals surface area (Å²) in [7, 11) is -3.45.